The second kappa shape index (κ2) is 10.0. The fourth-order valence-corrected chi connectivity index (χ4v) is 3.73. The molecule has 0 unspecified atom stereocenters. The summed E-state index contributed by atoms with van der Waals surface area (Å²) >= 11 is 0. The lowest BCUT2D eigenvalue weighted by Gasteiger charge is -2.35. The number of hydrogen-bond acceptors (Lipinski definition) is 5. The number of piperazine rings is 1. The Labute approximate surface area is 195 Å². The molecule has 0 bridgehead atoms. The molecular formula is C25H35FN4O3. The lowest BCUT2D eigenvalue weighted by molar-refractivity contribution is 0.0138. The summed E-state index contributed by atoms with van der Waals surface area (Å²) in [5.74, 6) is -0.0545. The van der Waals surface area contributed by atoms with Gasteiger partial charge in [0.05, 0.1) is 5.69 Å². The van der Waals surface area contributed by atoms with E-state index in [0.29, 0.717) is 61.7 Å². The van der Waals surface area contributed by atoms with Crippen LogP contribution < -0.4 is 5.56 Å². The van der Waals surface area contributed by atoms with Crippen LogP contribution in [-0.4, -0.2) is 57.5 Å². The molecule has 1 aromatic heterocycles. The van der Waals surface area contributed by atoms with Gasteiger partial charge >= 0.3 is 6.09 Å². The van der Waals surface area contributed by atoms with Gasteiger partial charge < -0.3 is 9.64 Å². The first-order valence-corrected chi connectivity index (χ1v) is 11.5. The largest absolute Gasteiger partial charge is 0.444 e. The Morgan fingerprint density at radius 1 is 1.15 bits per heavy atom. The molecule has 0 spiro atoms. The van der Waals surface area contributed by atoms with Gasteiger partial charge in [0.1, 0.15) is 11.4 Å². The number of benzene rings is 1. The number of carbonyl (C=O) groups is 1. The first-order valence-electron chi connectivity index (χ1n) is 11.5. The maximum absolute atomic E-state index is 14.2. The topological polar surface area (TPSA) is 67.7 Å². The Kier molecular flexibility index (Phi) is 7.57. The smallest absolute Gasteiger partial charge is 0.410 e. The lowest BCUT2D eigenvalue weighted by atomic mass is 10.1. The van der Waals surface area contributed by atoms with E-state index in [0.717, 1.165) is 0 Å². The molecule has 0 atom stereocenters. The van der Waals surface area contributed by atoms with Crippen molar-refractivity contribution in [3.8, 4) is 11.3 Å². The molecule has 1 fully saturated rings. The highest BCUT2D eigenvalue weighted by molar-refractivity contribution is 5.68. The summed E-state index contributed by atoms with van der Waals surface area (Å²) in [6, 6.07) is 6.78. The van der Waals surface area contributed by atoms with Gasteiger partial charge in [-0.05, 0) is 51.3 Å². The zero-order valence-electron chi connectivity index (χ0n) is 20.5. The molecule has 1 amide bonds. The molecule has 2 heterocycles. The predicted octanol–water partition coefficient (Wildman–Crippen LogP) is 4.07. The van der Waals surface area contributed by atoms with Crippen LogP contribution in [0.3, 0.4) is 0 Å². The normalized spacial score (nSPS) is 15.2. The minimum absolute atomic E-state index is 0.130. The quantitative estimate of drug-likeness (QED) is 0.676. The summed E-state index contributed by atoms with van der Waals surface area (Å²) in [4.78, 5) is 29.3. The van der Waals surface area contributed by atoms with E-state index >= 15 is 0 Å². The van der Waals surface area contributed by atoms with Crippen molar-refractivity contribution in [2.45, 2.75) is 60.2 Å². The standard InChI is InChI=1S/C25H35FN4O3/c1-17(2)15-30-23(31)20(14-22(27-30)19-8-7-18(3)21(26)13-19)16-28-9-11-29(12-10-28)24(32)33-25(4,5)6/h7-8,13-14,17H,9-12,15-16H2,1-6H3. The molecule has 0 N–H and O–H groups in total. The van der Waals surface area contributed by atoms with Crippen molar-refractivity contribution in [3.63, 3.8) is 0 Å². The Morgan fingerprint density at radius 3 is 2.39 bits per heavy atom. The van der Waals surface area contributed by atoms with E-state index in [1.54, 1.807) is 24.0 Å². The first kappa shape index (κ1) is 24.9. The van der Waals surface area contributed by atoms with Gasteiger partial charge in [0.25, 0.3) is 5.56 Å². The molecule has 1 aliphatic heterocycles. The highest BCUT2D eigenvalue weighted by Crippen LogP contribution is 2.21. The first-order chi connectivity index (χ1) is 15.4. The van der Waals surface area contributed by atoms with Gasteiger partial charge in [-0.1, -0.05) is 26.0 Å². The summed E-state index contributed by atoms with van der Waals surface area (Å²) < 4.78 is 21.1. The van der Waals surface area contributed by atoms with E-state index in [1.165, 1.54) is 10.7 Å². The average molecular weight is 459 g/mol. The monoisotopic (exact) mass is 458 g/mol. The van der Waals surface area contributed by atoms with E-state index in [2.05, 4.69) is 10.00 Å². The maximum Gasteiger partial charge on any atom is 0.410 e. The van der Waals surface area contributed by atoms with Crippen molar-refractivity contribution in [2.24, 2.45) is 5.92 Å². The highest BCUT2D eigenvalue weighted by Gasteiger charge is 2.26. The minimum Gasteiger partial charge on any atom is -0.444 e. The Morgan fingerprint density at radius 2 is 1.82 bits per heavy atom. The third-order valence-electron chi connectivity index (χ3n) is 5.47. The number of nitrogens with zero attached hydrogens (tertiary/aromatic N) is 4. The van der Waals surface area contributed by atoms with Crippen molar-refractivity contribution in [1.29, 1.82) is 0 Å². The number of carbonyl (C=O) groups excluding carboxylic acids is 1. The molecule has 0 saturated carbocycles. The van der Waals surface area contributed by atoms with Gasteiger partial charge in [0.15, 0.2) is 0 Å². The van der Waals surface area contributed by atoms with Crippen LogP contribution in [0.15, 0.2) is 29.1 Å². The zero-order chi connectivity index (χ0) is 24.3. The Bertz CT molecular complexity index is 1050. The van der Waals surface area contributed by atoms with Gasteiger partial charge in [0.2, 0.25) is 0 Å². The van der Waals surface area contributed by atoms with Gasteiger partial charge in [-0.25, -0.2) is 13.9 Å². The number of aryl methyl sites for hydroxylation is 1. The summed E-state index contributed by atoms with van der Waals surface area (Å²) in [5.41, 5.74) is 1.75. The van der Waals surface area contributed by atoms with Gasteiger partial charge in [-0.3, -0.25) is 9.69 Å². The van der Waals surface area contributed by atoms with Crippen molar-refractivity contribution in [1.82, 2.24) is 19.6 Å². The van der Waals surface area contributed by atoms with E-state index < -0.39 is 5.60 Å². The van der Waals surface area contributed by atoms with E-state index in [-0.39, 0.29) is 23.4 Å². The second-order valence-electron chi connectivity index (χ2n) is 10.1. The van der Waals surface area contributed by atoms with Crippen LogP contribution in [0.5, 0.6) is 0 Å². The number of ether oxygens (including phenoxy) is 1. The van der Waals surface area contributed by atoms with Crippen LogP contribution in [0, 0.1) is 18.7 Å². The molecule has 2 aromatic rings. The average Bonchev–Trinajstić information content (AvgIpc) is 2.71. The molecule has 33 heavy (non-hydrogen) atoms. The highest BCUT2D eigenvalue weighted by atomic mass is 19.1. The van der Waals surface area contributed by atoms with Crippen LogP contribution >= 0.6 is 0 Å². The fourth-order valence-electron chi connectivity index (χ4n) is 3.73. The number of rotatable bonds is 5. The lowest BCUT2D eigenvalue weighted by Crippen LogP contribution is -2.50. The SMILES string of the molecule is Cc1ccc(-c2cc(CN3CCN(C(=O)OC(C)(C)C)CC3)c(=O)n(CC(C)C)n2)cc1F. The summed E-state index contributed by atoms with van der Waals surface area (Å²) in [5, 5.41) is 4.53. The molecule has 3 rings (SSSR count). The summed E-state index contributed by atoms with van der Waals surface area (Å²) in [6.07, 6.45) is -0.311. The molecule has 1 saturated heterocycles. The number of aromatic nitrogens is 2. The molecule has 7 nitrogen and oxygen atoms in total. The molecule has 1 aromatic carbocycles. The van der Waals surface area contributed by atoms with Crippen LogP contribution in [0.2, 0.25) is 0 Å². The van der Waals surface area contributed by atoms with Gasteiger partial charge in [-0.2, -0.15) is 5.10 Å². The van der Waals surface area contributed by atoms with Crippen molar-refractivity contribution < 1.29 is 13.9 Å². The van der Waals surface area contributed by atoms with Crippen LogP contribution in [0.25, 0.3) is 11.3 Å². The second-order valence-corrected chi connectivity index (χ2v) is 10.1. The van der Waals surface area contributed by atoms with Crippen LogP contribution in [0.1, 0.15) is 45.7 Å². The number of halogens is 1. The molecule has 180 valence electrons. The van der Waals surface area contributed by atoms with Crippen LogP contribution in [0.4, 0.5) is 9.18 Å². The van der Waals surface area contributed by atoms with E-state index in [9.17, 15) is 14.0 Å². The minimum atomic E-state index is -0.529. The molecule has 0 aliphatic carbocycles. The Hall–Kier alpha value is -2.74. The number of amides is 1. The van der Waals surface area contributed by atoms with E-state index in [4.69, 9.17) is 4.74 Å². The van der Waals surface area contributed by atoms with Gasteiger partial charge in [0, 0.05) is 50.4 Å². The third-order valence-corrected chi connectivity index (χ3v) is 5.47. The van der Waals surface area contributed by atoms with Crippen molar-refractivity contribution >= 4 is 6.09 Å². The number of hydrogen-bond donors (Lipinski definition) is 0. The summed E-state index contributed by atoms with van der Waals surface area (Å²) in [7, 11) is 0. The molecule has 1 aliphatic rings. The van der Waals surface area contributed by atoms with E-state index in [1.807, 2.05) is 40.7 Å². The molecular weight excluding hydrogens is 423 g/mol. The zero-order valence-corrected chi connectivity index (χ0v) is 20.5. The summed E-state index contributed by atoms with van der Waals surface area (Å²) in [6.45, 7) is 14.6. The third kappa shape index (κ3) is 6.63. The maximum atomic E-state index is 14.2. The fraction of sp³-hybridized carbons (Fsp3) is 0.560. The van der Waals surface area contributed by atoms with Crippen LogP contribution in [-0.2, 0) is 17.8 Å². The van der Waals surface area contributed by atoms with Crippen molar-refractivity contribution in [3.05, 3.63) is 51.6 Å². The Balaban J connectivity index is 1.80. The molecule has 8 heteroatoms. The predicted molar refractivity (Wildman–Crippen MR) is 127 cm³/mol. The molecule has 0 radical (unpaired) electrons. The van der Waals surface area contributed by atoms with Gasteiger partial charge in [-0.15, -0.1) is 0 Å². The van der Waals surface area contributed by atoms with Crippen molar-refractivity contribution in [2.75, 3.05) is 26.2 Å².